The van der Waals surface area contributed by atoms with E-state index < -0.39 is 5.97 Å². The first-order valence-corrected chi connectivity index (χ1v) is 8.40. The Labute approximate surface area is 158 Å². The Balaban J connectivity index is 1.89. The maximum Gasteiger partial charge on any atom is 0.331 e. The van der Waals surface area contributed by atoms with E-state index in [1.807, 2.05) is 6.92 Å². The van der Waals surface area contributed by atoms with Crippen molar-refractivity contribution in [2.45, 2.75) is 6.92 Å². The topological polar surface area (TPSA) is 71.1 Å². The zero-order chi connectivity index (χ0) is 19.6. The van der Waals surface area contributed by atoms with E-state index in [1.165, 1.54) is 13.2 Å². The molecule has 0 aromatic heterocycles. The van der Waals surface area contributed by atoms with Crippen LogP contribution >= 0.6 is 0 Å². The van der Waals surface area contributed by atoms with E-state index in [9.17, 15) is 9.59 Å². The zero-order valence-electron chi connectivity index (χ0n) is 15.6. The fourth-order valence-corrected chi connectivity index (χ4v) is 2.29. The van der Waals surface area contributed by atoms with Crippen molar-refractivity contribution in [2.24, 2.45) is 0 Å². The van der Waals surface area contributed by atoms with Gasteiger partial charge in [-0.25, -0.2) is 4.79 Å². The third-order valence-electron chi connectivity index (χ3n) is 3.65. The van der Waals surface area contributed by atoms with Gasteiger partial charge in [0.2, 0.25) is 0 Å². The van der Waals surface area contributed by atoms with Gasteiger partial charge in [-0.3, -0.25) is 4.79 Å². The molecule has 0 heterocycles. The average molecular weight is 370 g/mol. The lowest BCUT2D eigenvalue weighted by Gasteiger charge is -2.07. The Morgan fingerprint density at radius 1 is 0.963 bits per heavy atom. The van der Waals surface area contributed by atoms with Crippen LogP contribution in [-0.2, 0) is 9.53 Å². The molecular weight excluding hydrogens is 348 g/mol. The van der Waals surface area contributed by atoms with Gasteiger partial charge in [-0.1, -0.05) is 6.07 Å². The summed E-state index contributed by atoms with van der Waals surface area (Å²) in [4.78, 5) is 23.9. The summed E-state index contributed by atoms with van der Waals surface area (Å²) in [5.41, 5.74) is 1.19. The van der Waals surface area contributed by atoms with Crippen LogP contribution in [-0.4, -0.2) is 39.2 Å². The molecule has 0 aliphatic heterocycles. The molecule has 2 aromatic carbocycles. The van der Waals surface area contributed by atoms with Gasteiger partial charge in [0, 0.05) is 11.6 Å². The number of ether oxygens (including phenoxy) is 4. The predicted octanol–water partition coefficient (Wildman–Crippen LogP) is 3.54. The smallest absolute Gasteiger partial charge is 0.331 e. The molecule has 0 N–H and O–H groups in total. The van der Waals surface area contributed by atoms with Crippen LogP contribution in [0.1, 0.15) is 22.8 Å². The highest BCUT2D eigenvalue weighted by atomic mass is 16.5. The van der Waals surface area contributed by atoms with Crippen LogP contribution < -0.4 is 14.2 Å². The van der Waals surface area contributed by atoms with Crippen LogP contribution in [0, 0.1) is 0 Å². The van der Waals surface area contributed by atoms with Gasteiger partial charge in [0.25, 0.3) is 0 Å². The van der Waals surface area contributed by atoms with Crippen LogP contribution in [0.4, 0.5) is 0 Å². The largest absolute Gasteiger partial charge is 0.494 e. The average Bonchev–Trinajstić information content (AvgIpc) is 2.71. The highest BCUT2D eigenvalue weighted by Crippen LogP contribution is 2.27. The summed E-state index contributed by atoms with van der Waals surface area (Å²) in [6, 6.07) is 11.9. The van der Waals surface area contributed by atoms with Crippen molar-refractivity contribution in [1.29, 1.82) is 0 Å². The van der Waals surface area contributed by atoms with Gasteiger partial charge in [-0.15, -0.1) is 0 Å². The molecule has 142 valence electrons. The van der Waals surface area contributed by atoms with Gasteiger partial charge < -0.3 is 18.9 Å². The molecule has 0 saturated heterocycles. The number of carbonyl (C=O) groups is 2. The van der Waals surface area contributed by atoms with Crippen LogP contribution in [0.5, 0.6) is 17.2 Å². The number of Topliss-reactive ketones (excluding diaryl/α,β-unsaturated/α-hetero) is 1. The first-order valence-electron chi connectivity index (χ1n) is 8.40. The van der Waals surface area contributed by atoms with E-state index in [-0.39, 0.29) is 12.4 Å². The molecule has 0 radical (unpaired) electrons. The van der Waals surface area contributed by atoms with E-state index >= 15 is 0 Å². The first-order chi connectivity index (χ1) is 13.1. The fourth-order valence-electron chi connectivity index (χ4n) is 2.29. The molecule has 6 heteroatoms. The van der Waals surface area contributed by atoms with Crippen LogP contribution in [0.3, 0.4) is 0 Å². The summed E-state index contributed by atoms with van der Waals surface area (Å²) in [7, 11) is 3.08. The Bertz CT molecular complexity index is 808. The van der Waals surface area contributed by atoms with Gasteiger partial charge in [0.05, 0.1) is 20.8 Å². The minimum absolute atomic E-state index is 0.286. The molecule has 2 aromatic rings. The second-order valence-corrected chi connectivity index (χ2v) is 5.44. The molecule has 0 aliphatic carbocycles. The van der Waals surface area contributed by atoms with Crippen molar-refractivity contribution in [3.63, 3.8) is 0 Å². The molecule has 27 heavy (non-hydrogen) atoms. The summed E-state index contributed by atoms with van der Waals surface area (Å²) < 4.78 is 20.7. The zero-order valence-corrected chi connectivity index (χ0v) is 15.6. The molecule has 0 spiro atoms. The quantitative estimate of drug-likeness (QED) is 0.382. The van der Waals surface area contributed by atoms with Gasteiger partial charge in [0.15, 0.2) is 23.9 Å². The lowest BCUT2D eigenvalue weighted by molar-refractivity contribution is -0.136. The van der Waals surface area contributed by atoms with Gasteiger partial charge >= 0.3 is 5.97 Å². The normalized spacial score (nSPS) is 10.5. The van der Waals surface area contributed by atoms with E-state index in [0.717, 1.165) is 5.56 Å². The molecule has 0 amide bonds. The number of hydrogen-bond donors (Lipinski definition) is 0. The number of esters is 1. The van der Waals surface area contributed by atoms with Crippen LogP contribution in [0.15, 0.2) is 48.5 Å². The molecule has 0 saturated carbocycles. The maximum atomic E-state index is 12.1. The molecule has 2 rings (SSSR count). The summed E-state index contributed by atoms with van der Waals surface area (Å²) >= 11 is 0. The monoisotopic (exact) mass is 370 g/mol. The summed E-state index contributed by atoms with van der Waals surface area (Å²) in [5, 5.41) is 0. The standard InChI is InChI=1S/C21H22O6/c1-4-26-17-9-7-16(8-10-17)18(22)14-27-21(23)12-6-15-5-11-19(24-2)20(13-15)25-3/h5-13H,4,14H2,1-3H3/b12-6+. The number of benzene rings is 2. The Kier molecular flexibility index (Phi) is 7.43. The van der Waals surface area contributed by atoms with Crippen molar-refractivity contribution in [3.8, 4) is 17.2 Å². The number of methoxy groups -OCH3 is 2. The van der Waals surface area contributed by atoms with Crippen molar-refractivity contribution in [2.75, 3.05) is 27.4 Å². The molecule has 0 bridgehead atoms. The molecular formula is C21H22O6. The molecule has 0 atom stereocenters. The Morgan fingerprint density at radius 3 is 2.30 bits per heavy atom. The van der Waals surface area contributed by atoms with E-state index in [0.29, 0.717) is 29.4 Å². The van der Waals surface area contributed by atoms with Crippen LogP contribution in [0.25, 0.3) is 6.08 Å². The van der Waals surface area contributed by atoms with Crippen molar-refractivity contribution >= 4 is 17.8 Å². The summed E-state index contributed by atoms with van der Waals surface area (Å²) in [5.74, 6) is 0.941. The second kappa shape index (κ2) is 10.0. The van der Waals surface area contributed by atoms with E-state index in [1.54, 1.807) is 55.7 Å². The Hall–Kier alpha value is -3.28. The second-order valence-electron chi connectivity index (χ2n) is 5.44. The van der Waals surface area contributed by atoms with Crippen molar-refractivity contribution in [3.05, 3.63) is 59.7 Å². The predicted molar refractivity (Wildman–Crippen MR) is 101 cm³/mol. The summed E-state index contributed by atoms with van der Waals surface area (Å²) in [6.45, 7) is 2.11. The van der Waals surface area contributed by atoms with Gasteiger partial charge in [-0.05, 0) is 55.0 Å². The number of carbonyl (C=O) groups excluding carboxylic acids is 2. The number of hydrogen-bond acceptors (Lipinski definition) is 6. The van der Waals surface area contributed by atoms with E-state index in [2.05, 4.69) is 0 Å². The van der Waals surface area contributed by atoms with Gasteiger partial charge in [-0.2, -0.15) is 0 Å². The molecule has 6 nitrogen and oxygen atoms in total. The molecule has 0 fully saturated rings. The summed E-state index contributed by atoms with van der Waals surface area (Å²) in [6.07, 6.45) is 2.83. The van der Waals surface area contributed by atoms with Crippen molar-refractivity contribution in [1.82, 2.24) is 0 Å². The van der Waals surface area contributed by atoms with Crippen molar-refractivity contribution < 1.29 is 28.5 Å². The third kappa shape index (κ3) is 5.88. The highest BCUT2D eigenvalue weighted by Gasteiger charge is 2.09. The lowest BCUT2D eigenvalue weighted by atomic mass is 10.1. The molecule has 0 aliphatic rings. The fraction of sp³-hybridized carbons (Fsp3) is 0.238. The van der Waals surface area contributed by atoms with Gasteiger partial charge in [0.1, 0.15) is 5.75 Å². The number of ketones is 1. The van der Waals surface area contributed by atoms with Crippen LogP contribution in [0.2, 0.25) is 0 Å². The Morgan fingerprint density at radius 2 is 1.67 bits per heavy atom. The molecule has 0 unspecified atom stereocenters. The first kappa shape index (κ1) is 20.0. The third-order valence-corrected chi connectivity index (χ3v) is 3.65. The number of rotatable bonds is 9. The maximum absolute atomic E-state index is 12.1. The lowest BCUT2D eigenvalue weighted by Crippen LogP contribution is -2.12. The van der Waals surface area contributed by atoms with E-state index in [4.69, 9.17) is 18.9 Å². The minimum Gasteiger partial charge on any atom is -0.494 e. The SMILES string of the molecule is CCOc1ccc(C(=O)COC(=O)/C=C/c2ccc(OC)c(OC)c2)cc1. The highest BCUT2D eigenvalue weighted by molar-refractivity contribution is 5.99. The minimum atomic E-state index is -0.607.